The van der Waals surface area contributed by atoms with Crippen molar-refractivity contribution >= 4 is 0 Å². The molecule has 110 valence electrons. The molecule has 2 nitrogen and oxygen atoms in total. The van der Waals surface area contributed by atoms with Gasteiger partial charge in [-0.3, -0.25) is 4.90 Å². The van der Waals surface area contributed by atoms with Gasteiger partial charge in [0.2, 0.25) is 0 Å². The summed E-state index contributed by atoms with van der Waals surface area (Å²) in [7, 11) is 0. The number of hydrogen-bond donors (Lipinski definition) is 1. The minimum Gasteiger partial charge on any atom is -0.311 e. The number of rotatable bonds is 6. The lowest BCUT2D eigenvalue weighted by Crippen LogP contribution is -2.52. The molecule has 1 aliphatic rings. The maximum Gasteiger partial charge on any atom is 0.0473 e. The van der Waals surface area contributed by atoms with E-state index >= 15 is 0 Å². The van der Waals surface area contributed by atoms with Crippen LogP contribution in [-0.4, -0.2) is 30.6 Å². The maximum atomic E-state index is 3.73. The Balaban J connectivity index is 2.04. The van der Waals surface area contributed by atoms with Gasteiger partial charge < -0.3 is 5.32 Å². The van der Waals surface area contributed by atoms with Gasteiger partial charge in [-0.2, -0.15) is 0 Å². The third-order valence-corrected chi connectivity index (χ3v) is 4.14. The smallest absolute Gasteiger partial charge is 0.0473 e. The molecule has 20 heavy (non-hydrogen) atoms. The van der Waals surface area contributed by atoms with E-state index in [1.54, 1.807) is 0 Å². The summed E-state index contributed by atoms with van der Waals surface area (Å²) >= 11 is 0. The monoisotopic (exact) mass is 272 g/mol. The van der Waals surface area contributed by atoms with Crippen LogP contribution in [0.4, 0.5) is 0 Å². The lowest BCUT2D eigenvalue weighted by molar-refractivity contribution is 0.129. The molecule has 1 aliphatic heterocycles. The van der Waals surface area contributed by atoms with Crippen molar-refractivity contribution in [3.63, 3.8) is 0 Å². The van der Waals surface area contributed by atoms with Crippen molar-refractivity contribution in [1.82, 2.24) is 10.2 Å². The minimum atomic E-state index is 0.523. The Morgan fingerprint density at radius 2 is 2.10 bits per heavy atom. The third-order valence-electron chi connectivity index (χ3n) is 4.14. The maximum absolute atomic E-state index is 3.73. The first-order chi connectivity index (χ1) is 9.85. The second-order valence-corrected chi connectivity index (χ2v) is 5.67. The highest BCUT2D eigenvalue weighted by Crippen LogP contribution is 2.24. The molecule has 2 heteroatoms. The first-order valence-electron chi connectivity index (χ1n) is 7.98. The highest BCUT2D eigenvalue weighted by molar-refractivity contribution is 5.20. The van der Waals surface area contributed by atoms with Crippen LogP contribution in [0, 0.1) is 0 Å². The van der Waals surface area contributed by atoms with Crippen molar-refractivity contribution in [2.45, 2.75) is 45.2 Å². The fourth-order valence-corrected chi connectivity index (χ4v) is 3.08. The van der Waals surface area contributed by atoms with Crippen LogP contribution in [0.2, 0.25) is 0 Å². The van der Waals surface area contributed by atoms with Crippen molar-refractivity contribution in [2.75, 3.05) is 19.6 Å². The van der Waals surface area contributed by atoms with Gasteiger partial charge in [-0.1, -0.05) is 55.8 Å². The Morgan fingerprint density at radius 1 is 1.30 bits per heavy atom. The number of piperazine rings is 1. The zero-order valence-electron chi connectivity index (χ0n) is 12.9. The largest absolute Gasteiger partial charge is 0.311 e. The Labute approximate surface area is 123 Å². The van der Waals surface area contributed by atoms with E-state index in [2.05, 4.69) is 66.5 Å². The summed E-state index contributed by atoms with van der Waals surface area (Å²) in [6.45, 7) is 7.78. The molecule has 1 aromatic carbocycles. The average molecular weight is 272 g/mol. The molecule has 1 fully saturated rings. The molecule has 0 aliphatic carbocycles. The van der Waals surface area contributed by atoms with Crippen molar-refractivity contribution in [3.05, 3.63) is 48.0 Å². The van der Waals surface area contributed by atoms with Gasteiger partial charge in [-0.05, 0) is 25.3 Å². The second-order valence-electron chi connectivity index (χ2n) is 5.67. The van der Waals surface area contributed by atoms with E-state index in [0.717, 1.165) is 19.5 Å². The molecule has 0 saturated carbocycles. The molecule has 1 N–H and O–H groups in total. The number of allylic oxidation sites excluding steroid dienone is 1. The zero-order valence-corrected chi connectivity index (χ0v) is 12.9. The Bertz CT molecular complexity index is 399. The number of nitrogens with one attached hydrogen (secondary N) is 1. The van der Waals surface area contributed by atoms with Crippen LogP contribution in [0.25, 0.3) is 0 Å². The summed E-state index contributed by atoms with van der Waals surface area (Å²) in [5.74, 6) is 0. The Kier molecular flexibility index (Phi) is 6.28. The molecule has 1 saturated heterocycles. The number of benzene rings is 1. The summed E-state index contributed by atoms with van der Waals surface area (Å²) in [5.41, 5.74) is 1.44. The summed E-state index contributed by atoms with van der Waals surface area (Å²) in [4.78, 5) is 2.66. The molecule has 0 bridgehead atoms. The van der Waals surface area contributed by atoms with E-state index in [1.807, 2.05) is 0 Å². The quantitative estimate of drug-likeness (QED) is 0.793. The van der Waals surface area contributed by atoms with Gasteiger partial charge in [0.05, 0.1) is 0 Å². The summed E-state index contributed by atoms with van der Waals surface area (Å²) < 4.78 is 0. The highest BCUT2D eigenvalue weighted by Gasteiger charge is 2.27. The van der Waals surface area contributed by atoms with Crippen molar-refractivity contribution in [1.29, 1.82) is 0 Å². The molecule has 0 spiro atoms. The fraction of sp³-hybridized carbons (Fsp3) is 0.556. The molecule has 2 atom stereocenters. The van der Waals surface area contributed by atoms with E-state index < -0.39 is 0 Å². The second kappa shape index (κ2) is 8.23. The molecule has 0 amide bonds. The van der Waals surface area contributed by atoms with Gasteiger partial charge in [-0.25, -0.2) is 0 Å². The van der Waals surface area contributed by atoms with Gasteiger partial charge in [0, 0.05) is 31.7 Å². The SMILES string of the molecule is C/C=C/CCN1CC(CCC)NCC1c1ccccc1. The first kappa shape index (κ1) is 15.3. The minimum absolute atomic E-state index is 0.523. The van der Waals surface area contributed by atoms with Gasteiger partial charge in [0.1, 0.15) is 0 Å². The Hall–Kier alpha value is -1.12. The molecular formula is C18H28N2. The van der Waals surface area contributed by atoms with E-state index in [-0.39, 0.29) is 0 Å². The van der Waals surface area contributed by atoms with E-state index in [1.165, 1.54) is 24.9 Å². The molecule has 2 rings (SSSR count). The van der Waals surface area contributed by atoms with Crippen LogP contribution in [0.15, 0.2) is 42.5 Å². The van der Waals surface area contributed by atoms with Gasteiger partial charge in [0.15, 0.2) is 0 Å². The summed E-state index contributed by atoms with van der Waals surface area (Å²) in [6.07, 6.45) is 8.12. The van der Waals surface area contributed by atoms with Crippen molar-refractivity contribution in [2.24, 2.45) is 0 Å². The van der Waals surface area contributed by atoms with Crippen LogP contribution in [0.5, 0.6) is 0 Å². The van der Waals surface area contributed by atoms with Crippen molar-refractivity contribution < 1.29 is 0 Å². The van der Waals surface area contributed by atoms with E-state index in [9.17, 15) is 0 Å². The van der Waals surface area contributed by atoms with Crippen molar-refractivity contribution in [3.8, 4) is 0 Å². The molecule has 1 heterocycles. The number of nitrogens with zero attached hydrogens (tertiary/aromatic N) is 1. The number of hydrogen-bond acceptors (Lipinski definition) is 2. The summed E-state index contributed by atoms with van der Waals surface area (Å²) in [6, 6.07) is 12.1. The fourth-order valence-electron chi connectivity index (χ4n) is 3.08. The first-order valence-corrected chi connectivity index (χ1v) is 7.98. The van der Waals surface area contributed by atoms with Gasteiger partial charge >= 0.3 is 0 Å². The van der Waals surface area contributed by atoms with Crippen LogP contribution < -0.4 is 5.32 Å². The normalized spacial score (nSPS) is 24.3. The van der Waals surface area contributed by atoms with Crippen LogP contribution in [0.3, 0.4) is 0 Å². The zero-order chi connectivity index (χ0) is 14.2. The molecular weight excluding hydrogens is 244 g/mol. The van der Waals surface area contributed by atoms with Gasteiger partial charge in [0.25, 0.3) is 0 Å². The predicted octanol–water partition coefficient (Wildman–Crippen LogP) is 3.77. The molecule has 0 aromatic heterocycles. The topological polar surface area (TPSA) is 15.3 Å². The molecule has 0 radical (unpaired) electrons. The van der Waals surface area contributed by atoms with E-state index in [0.29, 0.717) is 12.1 Å². The predicted molar refractivity (Wildman–Crippen MR) is 86.9 cm³/mol. The molecule has 2 unspecified atom stereocenters. The Morgan fingerprint density at radius 3 is 2.80 bits per heavy atom. The molecule has 1 aromatic rings. The van der Waals surface area contributed by atoms with E-state index in [4.69, 9.17) is 0 Å². The van der Waals surface area contributed by atoms with Crippen LogP contribution in [-0.2, 0) is 0 Å². The third kappa shape index (κ3) is 4.19. The van der Waals surface area contributed by atoms with Crippen LogP contribution >= 0.6 is 0 Å². The highest BCUT2D eigenvalue weighted by atomic mass is 15.2. The lowest BCUT2D eigenvalue weighted by Gasteiger charge is -2.40. The average Bonchev–Trinajstić information content (AvgIpc) is 2.49. The lowest BCUT2D eigenvalue weighted by atomic mass is 9.99. The standard InChI is InChI=1S/C18H28N2/c1-3-5-9-13-20-15-17(10-4-2)19-14-18(20)16-11-7-6-8-12-16/h3,5-8,11-12,17-19H,4,9-10,13-15H2,1-2H3/b5-3+. The summed E-state index contributed by atoms with van der Waals surface area (Å²) in [5, 5.41) is 3.73. The van der Waals surface area contributed by atoms with Gasteiger partial charge in [-0.15, -0.1) is 0 Å². The van der Waals surface area contributed by atoms with Crippen LogP contribution in [0.1, 0.15) is 44.7 Å².